The van der Waals surface area contributed by atoms with E-state index in [1.165, 1.54) is 22.5 Å². The van der Waals surface area contributed by atoms with Crippen molar-refractivity contribution >= 4 is 27.5 Å². The molecule has 9 heteroatoms. The lowest BCUT2D eigenvalue weighted by molar-refractivity contribution is -0.124. The predicted molar refractivity (Wildman–Crippen MR) is 94.4 cm³/mol. The molecular formula is C16H23ClN2O5S. The van der Waals surface area contributed by atoms with Crippen molar-refractivity contribution in [3.05, 3.63) is 23.2 Å². The molecule has 1 aliphatic heterocycles. The molecule has 0 atom stereocenters. The van der Waals surface area contributed by atoms with Crippen molar-refractivity contribution in [1.82, 2.24) is 9.62 Å². The first-order valence-corrected chi connectivity index (χ1v) is 9.73. The van der Waals surface area contributed by atoms with Crippen LogP contribution in [0.1, 0.15) is 20.8 Å². The van der Waals surface area contributed by atoms with Gasteiger partial charge in [-0.2, -0.15) is 4.31 Å². The minimum absolute atomic E-state index is 0.0505. The van der Waals surface area contributed by atoms with Crippen LogP contribution in [-0.4, -0.2) is 57.1 Å². The van der Waals surface area contributed by atoms with Crippen molar-refractivity contribution in [2.24, 2.45) is 0 Å². The van der Waals surface area contributed by atoms with Crippen LogP contribution in [0, 0.1) is 0 Å². The van der Waals surface area contributed by atoms with Crippen LogP contribution in [0.3, 0.4) is 0 Å². The quantitative estimate of drug-likeness (QED) is 0.826. The Kier molecular flexibility index (Phi) is 6.31. The highest BCUT2D eigenvalue weighted by atomic mass is 35.5. The first-order chi connectivity index (χ1) is 11.6. The molecule has 0 unspecified atom stereocenters. The lowest BCUT2D eigenvalue weighted by atomic mass is 10.1. The number of rotatable bonds is 5. The molecule has 1 N–H and O–H groups in total. The van der Waals surface area contributed by atoms with Crippen LogP contribution in [0.15, 0.2) is 23.1 Å². The molecule has 1 heterocycles. The number of carbonyl (C=O) groups is 1. The number of nitrogens with one attached hydrogen (secondary N) is 1. The van der Waals surface area contributed by atoms with Crippen LogP contribution in [0.25, 0.3) is 0 Å². The Morgan fingerprint density at radius 2 is 1.96 bits per heavy atom. The second-order valence-electron chi connectivity index (χ2n) is 6.69. The molecule has 0 radical (unpaired) electrons. The lowest BCUT2D eigenvalue weighted by Gasteiger charge is -2.27. The molecule has 1 saturated heterocycles. The Morgan fingerprint density at radius 3 is 2.56 bits per heavy atom. The van der Waals surface area contributed by atoms with E-state index in [0.29, 0.717) is 13.2 Å². The molecule has 140 valence electrons. The SMILES string of the molecule is CC(C)(C)NC(=O)COc1ccc(Cl)cc1S(=O)(=O)N1CCOCC1. The van der Waals surface area contributed by atoms with Gasteiger partial charge in [0.2, 0.25) is 10.0 Å². The Labute approximate surface area is 153 Å². The minimum Gasteiger partial charge on any atom is -0.482 e. The average Bonchev–Trinajstić information content (AvgIpc) is 2.53. The van der Waals surface area contributed by atoms with Gasteiger partial charge in [-0.3, -0.25) is 4.79 Å². The largest absolute Gasteiger partial charge is 0.482 e. The third-order valence-electron chi connectivity index (χ3n) is 3.37. The molecule has 0 spiro atoms. The van der Waals surface area contributed by atoms with Gasteiger partial charge < -0.3 is 14.8 Å². The van der Waals surface area contributed by atoms with Crippen molar-refractivity contribution in [2.75, 3.05) is 32.9 Å². The number of morpholine rings is 1. The molecule has 0 saturated carbocycles. The molecule has 0 bridgehead atoms. The number of sulfonamides is 1. The summed E-state index contributed by atoms with van der Waals surface area (Å²) in [5.74, 6) is -0.239. The normalized spacial score (nSPS) is 16.5. The molecular weight excluding hydrogens is 368 g/mol. The van der Waals surface area contributed by atoms with Gasteiger partial charge in [0.1, 0.15) is 10.6 Å². The summed E-state index contributed by atoms with van der Waals surface area (Å²) in [7, 11) is -3.79. The van der Waals surface area contributed by atoms with Crippen molar-refractivity contribution in [3.63, 3.8) is 0 Å². The van der Waals surface area contributed by atoms with E-state index in [1.807, 2.05) is 20.8 Å². The first kappa shape index (κ1) is 20.0. The first-order valence-electron chi connectivity index (χ1n) is 7.91. The highest BCUT2D eigenvalue weighted by molar-refractivity contribution is 7.89. The van der Waals surface area contributed by atoms with Crippen LogP contribution in [0.4, 0.5) is 0 Å². The number of hydrogen-bond donors (Lipinski definition) is 1. The van der Waals surface area contributed by atoms with Crippen molar-refractivity contribution in [3.8, 4) is 5.75 Å². The number of ether oxygens (including phenoxy) is 2. The second kappa shape index (κ2) is 7.90. The Hall–Kier alpha value is -1.35. The lowest BCUT2D eigenvalue weighted by Crippen LogP contribution is -2.43. The summed E-state index contributed by atoms with van der Waals surface area (Å²) >= 11 is 5.97. The van der Waals surface area contributed by atoms with Crippen LogP contribution in [0.5, 0.6) is 5.75 Å². The maximum atomic E-state index is 12.9. The number of nitrogens with zero attached hydrogens (tertiary/aromatic N) is 1. The third kappa shape index (κ3) is 5.57. The molecule has 1 aromatic rings. The fraction of sp³-hybridized carbons (Fsp3) is 0.562. The molecule has 2 rings (SSSR count). The highest BCUT2D eigenvalue weighted by Gasteiger charge is 2.30. The minimum atomic E-state index is -3.79. The van der Waals surface area contributed by atoms with Gasteiger partial charge in [-0.1, -0.05) is 11.6 Å². The molecule has 1 fully saturated rings. The Balaban J connectivity index is 2.21. The summed E-state index contributed by atoms with van der Waals surface area (Å²) in [6, 6.07) is 4.32. The van der Waals surface area contributed by atoms with Gasteiger partial charge in [0.15, 0.2) is 6.61 Å². The van der Waals surface area contributed by atoms with Gasteiger partial charge in [-0.15, -0.1) is 0 Å². The summed E-state index contributed by atoms with van der Waals surface area (Å²) < 4.78 is 37.7. The van der Waals surface area contributed by atoms with Crippen LogP contribution >= 0.6 is 11.6 Å². The van der Waals surface area contributed by atoms with Gasteiger partial charge in [0.25, 0.3) is 5.91 Å². The van der Waals surface area contributed by atoms with Crippen LogP contribution in [-0.2, 0) is 19.6 Å². The zero-order valence-corrected chi connectivity index (χ0v) is 16.1. The van der Waals surface area contributed by atoms with E-state index < -0.39 is 15.6 Å². The number of hydrogen-bond acceptors (Lipinski definition) is 5. The van der Waals surface area contributed by atoms with E-state index in [0.717, 1.165) is 0 Å². The molecule has 0 aromatic heterocycles. The molecule has 7 nitrogen and oxygen atoms in total. The van der Waals surface area contributed by atoms with Gasteiger partial charge >= 0.3 is 0 Å². The van der Waals surface area contributed by atoms with Gasteiger partial charge in [-0.25, -0.2) is 8.42 Å². The standard InChI is InChI=1S/C16H23ClN2O5S/c1-16(2,3)18-15(20)11-24-13-5-4-12(17)10-14(13)25(21,22)19-6-8-23-9-7-19/h4-5,10H,6-9,11H2,1-3H3,(H,18,20). The van der Waals surface area contributed by atoms with E-state index in [9.17, 15) is 13.2 Å². The zero-order chi connectivity index (χ0) is 18.7. The van der Waals surface area contributed by atoms with E-state index in [4.69, 9.17) is 21.1 Å². The number of benzene rings is 1. The zero-order valence-electron chi connectivity index (χ0n) is 14.5. The molecule has 1 aromatic carbocycles. The van der Waals surface area contributed by atoms with E-state index in [-0.39, 0.29) is 41.3 Å². The summed E-state index contributed by atoms with van der Waals surface area (Å²) in [5.41, 5.74) is -0.400. The fourth-order valence-electron chi connectivity index (χ4n) is 2.33. The topological polar surface area (TPSA) is 84.9 Å². The Morgan fingerprint density at radius 1 is 1.32 bits per heavy atom. The van der Waals surface area contributed by atoms with Crippen molar-refractivity contribution < 1.29 is 22.7 Å². The molecule has 1 aliphatic rings. The maximum Gasteiger partial charge on any atom is 0.258 e. The molecule has 25 heavy (non-hydrogen) atoms. The second-order valence-corrected chi connectivity index (χ2v) is 9.04. The number of halogens is 1. The van der Waals surface area contributed by atoms with Gasteiger partial charge in [0, 0.05) is 23.7 Å². The monoisotopic (exact) mass is 390 g/mol. The van der Waals surface area contributed by atoms with E-state index in [2.05, 4.69) is 5.32 Å². The van der Waals surface area contributed by atoms with Gasteiger partial charge in [0.05, 0.1) is 13.2 Å². The third-order valence-corrected chi connectivity index (χ3v) is 5.52. The van der Waals surface area contributed by atoms with Gasteiger partial charge in [-0.05, 0) is 39.0 Å². The van der Waals surface area contributed by atoms with Crippen molar-refractivity contribution in [2.45, 2.75) is 31.2 Å². The number of amides is 1. The summed E-state index contributed by atoms with van der Waals surface area (Å²) in [4.78, 5) is 11.9. The van der Waals surface area contributed by atoms with E-state index in [1.54, 1.807) is 0 Å². The molecule has 0 aliphatic carbocycles. The highest BCUT2D eigenvalue weighted by Crippen LogP contribution is 2.30. The summed E-state index contributed by atoms with van der Waals surface area (Å²) in [6.07, 6.45) is 0. The Bertz CT molecular complexity index is 725. The number of carbonyl (C=O) groups excluding carboxylic acids is 1. The van der Waals surface area contributed by atoms with Crippen LogP contribution in [0.2, 0.25) is 5.02 Å². The summed E-state index contributed by atoms with van der Waals surface area (Å²) in [6.45, 7) is 6.46. The summed E-state index contributed by atoms with van der Waals surface area (Å²) in [5, 5.41) is 3.03. The van der Waals surface area contributed by atoms with E-state index >= 15 is 0 Å². The predicted octanol–water partition coefficient (Wildman–Crippen LogP) is 1.65. The fourth-order valence-corrected chi connectivity index (χ4v) is 4.13. The molecule has 1 amide bonds. The average molecular weight is 391 g/mol. The van der Waals surface area contributed by atoms with Crippen molar-refractivity contribution in [1.29, 1.82) is 0 Å². The van der Waals surface area contributed by atoms with Crippen LogP contribution < -0.4 is 10.1 Å². The maximum absolute atomic E-state index is 12.9. The smallest absolute Gasteiger partial charge is 0.258 e.